The topological polar surface area (TPSA) is 106 Å². The van der Waals surface area contributed by atoms with Crippen LogP contribution in [0.1, 0.15) is 12.5 Å². The highest BCUT2D eigenvalue weighted by Crippen LogP contribution is 2.17. The maximum absolute atomic E-state index is 12.2. The molecule has 0 saturated heterocycles. The van der Waals surface area contributed by atoms with Crippen LogP contribution in [0.25, 0.3) is 5.69 Å². The van der Waals surface area contributed by atoms with E-state index >= 15 is 0 Å². The number of ether oxygens (including phenoxy) is 1. The minimum Gasteiger partial charge on any atom is -0.481 e. The van der Waals surface area contributed by atoms with Crippen LogP contribution in [0, 0.1) is 11.3 Å². The minimum absolute atomic E-state index is 0.306. The molecule has 1 heterocycles. The molecule has 0 spiro atoms. The van der Waals surface area contributed by atoms with Gasteiger partial charge in [-0.2, -0.15) is 5.26 Å². The van der Waals surface area contributed by atoms with Crippen LogP contribution in [0.5, 0.6) is 5.75 Å². The fourth-order valence-corrected chi connectivity index (χ4v) is 2.13. The lowest BCUT2D eigenvalue weighted by Gasteiger charge is -2.15. The third kappa shape index (κ3) is 3.97. The molecule has 0 fully saturated rings. The van der Waals surface area contributed by atoms with Crippen LogP contribution in [0.2, 0.25) is 0 Å². The molecule has 1 amide bonds. The number of hydrogen-bond donors (Lipinski definition) is 1. The van der Waals surface area contributed by atoms with Crippen molar-refractivity contribution in [2.45, 2.75) is 13.0 Å². The fraction of sp³-hybridized carbons (Fsp3) is 0.118. The van der Waals surface area contributed by atoms with Crippen molar-refractivity contribution in [2.75, 3.05) is 5.32 Å². The molecule has 124 valence electrons. The van der Waals surface area contributed by atoms with Gasteiger partial charge in [-0.15, -0.1) is 5.10 Å². The number of nitrogens with one attached hydrogen (secondary N) is 1. The van der Waals surface area contributed by atoms with Gasteiger partial charge in [0.2, 0.25) is 0 Å². The van der Waals surface area contributed by atoms with Gasteiger partial charge in [0.1, 0.15) is 12.1 Å². The van der Waals surface area contributed by atoms with E-state index < -0.39 is 6.10 Å². The SMILES string of the molecule is C[C@H](Oc1ccc(-n2cnnn2)cc1)C(=O)Nc1cccc(C#N)c1. The molecule has 3 aromatic rings. The molecule has 3 rings (SSSR count). The summed E-state index contributed by atoms with van der Waals surface area (Å²) in [6.07, 6.45) is 0.783. The van der Waals surface area contributed by atoms with Crippen LogP contribution in [-0.2, 0) is 4.79 Å². The van der Waals surface area contributed by atoms with Crippen LogP contribution < -0.4 is 10.1 Å². The molecule has 0 radical (unpaired) electrons. The number of aromatic nitrogens is 4. The molecule has 1 N–H and O–H groups in total. The first-order valence-electron chi connectivity index (χ1n) is 7.47. The van der Waals surface area contributed by atoms with Gasteiger partial charge in [-0.1, -0.05) is 6.07 Å². The number of carbonyl (C=O) groups is 1. The first-order chi connectivity index (χ1) is 12.2. The summed E-state index contributed by atoms with van der Waals surface area (Å²) in [5, 5.41) is 22.6. The predicted molar refractivity (Wildman–Crippen MR) is 89.0 cm³/mol. The van der Waals surface area contributed by atoms with Crippen molar-refractivity contribution in [2.24, 2.45) is 0 Å². The molecule has 25 heavy (non-hydrogen) atoms. The standard InChI is InChI=1S/C17H14N6O2/c1-12(17(24)20-14-4-2-3-13(9-14)10-18)25-16-7-5-15(6-8-16)23-11-19-21-22-23/h2-9,11-12H,1H3,(H,20,24)/t12-/m0/s1. The Morgan fingerprint density at radius 3 is 2.76 bits per heavy atom. The smallest absolute Gasteiger partial charge is 0.265 e. The van der Waals surface area contributed by atoms with Crippen LogP contribution in [0.15, 0.2) is 54.9 Å². The van der Waals surface area contributed by atoms with Gasteiger partial charge in [-0.25, -0.2) is 4.68 Å². The summed E-state index contributed by atoms with van der Waals surface area (Å²) < 4.78 is 7.16. The van der Waals surface area contributed by atoms with E-state index in [4.69, 9.17) is 10.00 Å². The van der Waals surface area contributed by atoms with Crippen LogP contribution in [0.3, 0.4) is 0 Å². The molecular weight excluding hydrogens is 320 g/mol. The summed E-state index contributed by atoms with van der Waals surface area (Å²) in [7, 11) is 0. The van der Waals surface area contributed by atoms with E-state index in [-0.39, 0.29) is 5.91 Å². The quantitative estimate of drug-likeness (QED) is 0.764. The number of nitrogens with zero attached hydrogens (tertiary/aromatic N) is 5. The fourth-order valence-electron chi connectivity index (χ4n) is 2.13. The van der Waals surface area contributed by atoms with E-state index in [0.29, 0.717) is 17.0 Å². The van der Waals surface area contributed by atoms with Crippen molar-refractivity contribution in [3.8, 4) is 17.5 Å². The van der Waals surface area contributed by atoms with Crippen molar-refractivity contribution in [1.29, 1.82) is 5.26 Å². The molecule has 1 atom stereocenters. The zero-order valence-electron chi connectivity index (χ0n) is 13.3. The normalized spacial score (nSPS) is 11.4. The lowest BCUT2D eigenvalue weighted by atomic mass is 10.2. The number of anilines is 1. The zero-order chi connectivity index (χ0) is 17.6. The van der Waals surface area contributed by atoms with Gasteiger partial charge < -0.3 is 10.1 Å². The van der Waals surface area contributed by atoms with E-state index in [9.17, 15) is 4.79 Å². The third-order valence-electron chi connectivity index (χ3n) is 3.39. The predicted octanol–water partition coefficient (Wildman–Crippen LogP) is 1.94. The molecule has 0 saturated carbocycles. The molecule has 8 nitrogen and oxygen atoms in total. The maximum atomic E-state index is 12.2. The number of benzene rings is 2. The van der Waals surface area contributed by atoms with Gasteiger partial charge in [-0.05, 0) is 59.8 Å². The van der Waals surface area contributed by atoms with Crippen molar-refractivity contribution < 1.29 is 9.53 Å². The van der Waals surface area contributed by atoms with Gasteiger partial charge in [-0.3, -0.25) is 4.79 Å². The minimum atomic E-state index is -0.704. The van der Waals surface area contributed by atoms with E-state index in [1.54, 1.807) is 55.5 Å². The number of carbonyl (C=O) groups excluding carboxylic acids is 1. The van der Waals surface area contributed by atoms with Crippen LogP contribution in [-0.4, -0.2) is 32.2 Å². The maximum Gasteiger partial charge on any atom is 0.265 e. The van der Waals surface area contributed by atoms with Gasteiger partial charge in [0.15, 0.2) is 6.10 Å². The van der Waals surface area contributed by atoms with Crippen molar-refractivity contribution in [3.05, 3.63) is 60.4 Å². The average Bonchev–Trinajstić information content (AvgIpc) is 3.17. The van der Waals surface area contributed by atoms with Gasteiger partial charge in [0, 0.05) is 5.69 Å². The lowest BCUT2D eigenvalue weighted by molar-refractivity contribution is -0.122. The molecule has 0 aliphatic heterocycles. The number of tetrazole rings is 1. The second kappa shape index (κ2) is 7.23. The Morgan fingerprint density at radius 1 is 1.28 bits per heavy atom. The molecule has 0 unspecified atom stereocenters. The Kier molecular flexibility index (Phi) is 4.67. The van der Waals surface area contributed by atoms with E-state index in [2.05, 4.69) is 20.8 Å². The summed E-state index contributed by atoms with van der Waals surface area (Å²) in [6.45, 7) is 1.65. The van der Waals surface area contributed by atoms with Crippen molar-refractivity contribution in [1.82, 2.24) is 20.2 Å². The molecule has 2 aromatic carbocycles. The summed E-state index contributed by atoms with van der Waals surface area (Å²) in [4.78, 5) is 12.2. The highest BCUT2D eigenvalue weighted by atomic mass is 16.5. The number of nitriles is 1. The second-order valence-electron chi connectivity index (χ2n) is 5.19. The van der Waals surface area contributed by atoms with Crippen LogP contribution >= 0.6 is 0 Å². The van der Waals surface area contributed by atoms with Gasteiger partial charge in [0.05, 0.1) is 17.3 Å². The van der Waals surface area contributed by atoms with Gasteiger partial charge in [0.25, 0.3) is 5.91 Å². The second-order valence-corrected chi connectivity index (χ2v) is 5.19. The molecular formula is C17H14N6O2. The van der Waals surface area contributed by atoms with Crippen LogP contribution in [0.4, 0.5) is 5.69 Å². The molecule has 0 bridgehead atoms. The Bertz CT molecular complexity index is 900. The van der Waals surface area contributed by atoms with Crippen molar-refractivity contribution >= 4 is 11.6 Å². The monoisotopic (exact) mass is 334 g/mol. The highest BCUT2D eigenvalue weighted by molar-refractivity contribution is 5.94. The summed E-state index contributed by atoms with van der Waals surface area (Å²) >= 11 is 0. The highest BCUT2D eigenvalue weighted by Gasteiger charge is 2.15. The first kappa shape index (κ1) is 16.1. The van der Waals surface area contributed by atoms with Gasteiger partial charge >= 0.3 is 0 Å². The van der Waals surface area contributed by atoms with E-state index in [1.165, 1.54) is 11.0 Å². The third-order valence-corrected chi connectivity index (χ3v) is 3.39. The Labute approximate surface area is 143 Å². The molecule has 8 heteroatoms. The first-order valence-corrected chi connectivity index (χ1v) is 7.47. The molecule has 0 aliphatic rings. The number of hydrogen-bond acceptors (Lipinski definition) is 6. The summed E-state index contributed by atoms with van der Waals surface area (Å²) in [5.41, 5.74) is 1.81. The Balaban J connectivity index is 1.62. The molecule has 1 aromatic heterocycles. The number of amides is 1. The van der Waals surface area contributed by atoms with E-state index in [0.717, 1.165) is 5.69 Å². The summed E-state index contributed by atoms with van der Waals surface area (Å²) in [5.74, 6) is 0.241. The lowest BCUT2D eigenvalue weighted by Crippen LogP contribution is -2.30. The molecule has 0 aliphatic carbocycles. The largest absolute Gasteiger partial charge is 0.481 e. The van der Waals surface area contributed by atoms with E-state index in [1.807, 2.05) is 6.07 Å². The van der Waals surface area contributed by atoms with Crippen molar-refractivity contribution in [3.63, 3.8) is 0 Å². The Hall–Kier alpha value is -3.73. The summed E-state index contributed by atoms with van der Waals surface area (Å²) in [6, 6.07) is 15.8. The number of rotatable bonds is 5. The Morgan fingerprint density at radius 2 is 2.08 bits per heavy atom. The zero-order valence-corrected chi connectivity index (χ0v) is 13.3. The average molecular weight is 334 g/mol.